The molecule has 0 saturated carbocycles. The van der Waals surface area contributed by atoms with Gasteiger partial charge < -0.3 is 25.4 Å². The zero-order valence-electron chi connectivity index (χ0n) is 21.3. The van der Waals surface area contributed by atoms with Gasteiger partial charge in [0, 0.05) is 6.42 Å². The van der Waals surface area contributed by atoms with E-state index < -0.39 is 48.1 Å². The normalized spacial score (nSPS) is 12.6. The lowest BCUT2D eigenvalue weighted by Gasteiger charge is -2.23. The van der Waals surface area contributed by atoms with E-state index in [1.807, 2.05) is 0 Å². The Morgan fingerprint density at radius 3 is 1.90 bits per heavy atom. The largest absolute Gasteiger partial charge is 0.444 e. The molecule has 2 rings (SSSR count). The number of alkyl carbamates (subject to hydrolysis) is 1. The van der Waals surface area contributed by atoms with Gasteiger partial charge in [-0.3, -0.25) is 9.59 Å². The number of carbonyl (C=O) groups is 4. The Hall–Kier alpha value is -2.43. The van der Waals surface area contributed by atoms with Gasteiger partial charge in [-0.05, 0) is 33.3 Å². The van der Waals surface area contributed by atoms with Crippen LogP contribution in [0, 0.1) is 0 Å². The SMILES string of the molecule is C[C@@H](NC(=O)OC(C)(C)C)C(=O)N[C@H](Cc1ccccc1)C(=O)NCC(=O)Oc1c(Cl)c(Cl)c(Cl)c(Cl)c1Cl. The third-order valence-corrected chi connectivity index (χ3v) is 7.08. The second-order valence-corrected chi connectivity index (χ2v) is 11.1. The molecule has 212 valence electrons. The molecule has 3 amide bonds. The third-order valence-electron chi connectivity index (χ3n) is 4.83. The number of nitrogens with one attached hydrogen (secondary N) is 3. The molecule has 0 aliphatic heterocycles. The van der Waals surface area contributed by atoms with E-state index in [1.165, 1.54) is 6.92 Å². The fraction of sp³-hybridized carbons (Fsp3) is 0.360. The first-order chi connectivity index (χ1) is 18.1. The number of hydrogen-bond acceptors (Lipinski definition) is 6. The second kappa shape index (κ2) is 14.3. The number of hydrogen-bond donors (Lipinski definition) is 3. The standard InChI is InChI=1S/C25H26Cl5N3O6/c1-12(32-24(37)39-25(2,3)4)22(35)33-14(10-13-8-6-5-7-9-13)23(36)31-11-15(34)38-21-19(29)17(27)16(26)18(28)20(21)30/h5-9,12,14H,10-11H2,1-4H3,(H,31,36)(H,32,37)(H,33,35)/t12-,14-/m1/s1. The Morgan fingerprint density at radius 2 is 1.36 bits per heavy atom. The van der Waals surface area contributed by atoms with Crippen LogP contribution in [0.1, 0.15) is 33.3 Å². The number of amides is 3. The van der Waals surface area contributed by atoms with Crippen LogP contribution in [0.3, 0.4) is 0 Å². The van der Waals surface area contributed by atoms with E-state index in [4.69, 9.17) is 67.5 Å². The summed E-state index contributed by atoms with van der Waals surface area (Å²) in [6.45, 7) is 5.86. The fourth-order valence-electron chi connectivity index (χ4n) is 3.01. The maximum Gasteiger partial charge on any atom is 0.408 e. The molecule has 39 heavy (non-hydrogen) atoms. The molecule has 0 saturated heterocycles. The van der Waals surface area contributed by atoms with Crippen molar-refractivity contribution < 1.29 is 28.7 Å². The Morgan fingerprint density at radius 1 is 0.821 bits per heavy atom. The van der Waals surface area contributed by atoms with Crippen molar-refractivity contribution in [1.82, 2.24) is 16.0 Å². The average Bonchev–Trinajstić information content (AvgIpc) is 2.86. The Bertz CT molecular complexity index is 1210. The molecule has 3 N–H and O–H groups in total. The number of rotatable bonds is 9. The lowest BCUT2D eigenvalue weighted by Crippen LogP contribution is -2.54. The summed E-state index contributed by atoms with van der Waals surface area (Å²) in [5, 5.41) is 6.46. The zero-order chi connectivity index (χ0) is 29.5. The van der Waals surface area contributed by atoms with Crippen molar-refractivity contribution in [3.63, 3.8) is 0 Å². The first-order valence-corrected chi connectivity index (χ1v) is 13.3. The van der Waals surface area contributed by atoms with E-state index in [-0.39, 0.29) is 37.3 Å². The fourth-order valence-corrected chi connectivity index (χ4v) is 4.21. The molecular formula is C25H26Cl5N3O6. The first kappa shape index (κ1) is 32.8. The molecule has 0 fully saturated rings. The van der Waals surface area contributed by atoms with Gasteiger partial charge in [0.25, 0.3) is 0 Å². The van der Waals surface area contributed by atoms with Crippen LogP contribution >= 0.6 is 58.0 Å². The van der Waals surface area contributed by atoms with Crippen molar-refractivity contribution in [2.75, 3.05) is 6.54 Å². The van der Waals surface area contributed by atoms with Gasteiger partial charge in [0.1, 0.15) is 34.3 Å². The van der Waals surface area contributed by atoms with Crippen molar-refractivity contribution in [2.24, 2.45) is 0 Å². The molecule has 0 aliphatic carbocycles. The van der Waals surface area contributed by atoms with Crippen molar-refractivity contribution in [1.29, 1.82) is 0 Å². The smallest absolute Gasteiger partial charge is 0.408 e. The lowest BCUT2D eigenvalue weighted by atomic mass is 10.0. The topological polar surface area (TPSA) is 123 Å². The molecule has 2 aromatic rings. The van der Waals surface area contributed by atoms with E-state index in [2.05, 4.69) is 16.0 Å². The van der Waals surface area contributed by atoms with Crippen molar-refractivity contribution in [2.45, 2.75) is 51.8 Å². The number of carbonyl (C=O) groups excluding carboxylic acids is 4. The molecule has 0 aromatic heterocycles. The minimum Gasteiger partial charge on any atom is -0.444 e. The summed E-state index contributed by atoms with van der Waals surface area (Å²) < 4.78 is 10.3. The van der Waals surface area contributed by atoms with Gasteiger partial charge in [-0.25, -0.2) is 9.59 Å². The van der Waals surface area contributed by atoms with Gasteiger partial charge in [-0.2, -0.15) is 0 Å². The summed E-state index contributed by atoms with van der Waals surface area (Å²) in [4.78, 5) is 50.3. The van der Waals surface area contributed by atoms with Crippen molar-refractivity contribution in [3.8, 4) is 5.75 Å². The predicted octanol–water partition coefficient (Wildman–Crippen LogP) is 5.62. The number of ether oxygens (including phenoxy) is 2. The highest BCUT2D eigenvalue weighted by Gasteiger charge is 2.27. The van der Waals surface area contributed by atoms with Crippen LogP contribution in [0.4, 0.5) is 4.79 Å². The van der Waals surface area contributed by atoms with Gasteiger partial charge >= 0.3 is 12.1 Å². The first-order valence-electron chi connectivity index (χ1n) is 11.4. The monoisotopic (exact) mass is 639 g/mol. The maximum atomic E-state index is 13.0. The second-order valence-electron chi connectivity index (χ2n) is 9.21. The summed E-state index contributed by atoms with van der Waals surface area (Å²) >= 11 is 30.0. The lowest BCUT2D eigenvalue weighted by molar-refractivity contribution is -0.136. The summed E-state index contributed by atoms with van der Waals surface area (Å²) in [7, 11) is 0. The Balaban J connectivity index is 2.10. The highest BCUT2D eigenvalue weighted by molar-refractivity contribution is 6.55. The Labute approximate surface area is 250 Å². The van der Waals surface area contributed by atoms with Gasteiger partial charge in [0.05, 0.1) is 15.1 Å². The van der Waals surface area contributed by atoms with Crippen LogP contribution in [0.15, 0.2) is 30.3 Å². The minimum absolute atomic E-state index is 0.0900. The number of esters is 1. The van der Waals surface area contributed by atoms with Gasteiger partial charge in [-0.15, -0.1) is 0 Å². The van der Waals surface area contributed by atoms with E-state index in [0.29, 0.717) is 0 Å². The van der Waals surface area contributed by atoms with E-state index in [9.17, 15) is 19.2 Å². The molecule has 9 nitrogen and oxygen atoms in total. The summed E-state index contributed by atoms with van der Waals surface area (Å²) in [5.41, 5.74) is -0.0285. The number of halogens is 5. The molecular weight excluding hydrogens is 616 g/mol. The maximum absolute atomic E-state index is 13.0. The van der Waals surface area contributed by atoms with Gasteiger partial charge in [-0.1, -0.05) is 88.3 Å². The molecule has 2 aromatic carbocycles. The zero-order valence-corrected chi connectivity index (χ0v) is 25.1. The summed E-state index contributed by atoms with van der Waals surface area (Å²) in [6, 6.07) is 6.73. The van der Waals surface area contributed by atoms with Crippen LogP contribution in [-0.2, 0) is 25.5 Å². The van der Waals surface area contributed by atoms with Crippen molar-refractivity contribution in [3.05, 3.63) is 61.0 Å². The van der Waals surface area contributed by atoms with Crippen LogP contribution in [0.5, 0.6) is 5.75 Å². The van der Waals surface area contributed by atoms with E-state index in [0.717, 1.165) is 5.56 Å². The highest BCUT2D eigenvalue weighted by Crippen LogP contribution is 2.48. The summed E-state index contributed by atoms with van der Waals surface area (Å²) in [6.07, 6.45) is -0.705. The molecule has 0 aliphatic rings. The van der Waals surface area contributed by atoms with Crippen molar-refractivity contribution >= 4 is 81.9 Å². The Kier molecular flexibility index (Phi) is 12.0. The van der Waals surface area contributed by atoms with Gasteiger partial charge in [0.15, 0.2) is 5.75 Å². The highest BCUT2D eigenvalue weighted by atomic mass is 35.5. The van der Waals surface area contributed by atoms with Gasteiger partial charge in [0.2, 0.25) is 11.8 Å². The predicted molar refractivity (Wildman–Crippen MR) is 151 cm³/mol. The van der Waals surface area contributed by atoms with Crippen LogP contribution < -0.4 is 20.7 Å². The van der Waals surface area contributed by atoms with Crippen LogP contribution in [-0.4, -0.2) is 48.1 Å². The molecule has 0 heterocycles. The molecule has 0 bridgehead atoms. The molecule has 0 spiro atoms. The average molecular weight is 642 g/mol. The quantitative estimate of drug-likeness (QED) is 0.142. The molecule has 0 unspecified atom stereocenters. The molecule has 14 heteroatoms. The molecule has 0 radical (unpaired) electrons. The van der Waals surface area contributed by atoms with E-state index >= 15 is 0 Å². The minimum atomic E-state index is -1.11. The van der Waals surface area contributed by atoms with Crippen LogP contribution in [0.25, 0.3) is 0 Å². The summed E-state index contributed by atoms with van der Waals surface area (Å²) in [5.74, 6) is -2.62. The third kappa shape index (κ3) is 9.92. The molecule has 2 atom stereocenters. The van der Waals surface area contributed by atoms with Crippen LogP contribution in [0.2, 0.25) is 25.1 Å². The number of benzene rings is 2. The van der Waals surface area contributed by atoms with E-state index in [1.54, 1.807) is 51.1 Å².